The highest BCUT2D eigenvalue weighted by Gasteiger charge is 2.30. The molecule has 0 spiro atoms. The highest BCUT2D eigenvalue weighted by atomic mass is 79.9. The van der Waals surface area contributed by atoms with Gasteiger partial charge in [0.2, 0.25) is 0 Å². The van der Waals surface area contributed by atoms with Gasteiger partial charge in [-0.2, -0.15) is 0 Å². The summed E-state index contributed by atoms with van der Waals surface area (Å²) in [6.07, 6.45) is 5.59. The lowest BCUT2D eigenvalue weighted by atomic mass is 10.1. The van der Waals surface area contributed by atoms with Gasteiger partial charge in [0.15, 0.2) is 0 Å². The molecule has 0 unspecified atom stereocenters. The van der Waals surface area contributed by atoms with E-state index in [4.69, 9.17) is 5.11 Å². The summed E-state index contributed by atoms with van der Waals surface area (Å²) in [6, 6.07) is 0.794. The van der Waals surface area contributed by atoms with Crippen LogP contribution in [0.2, 0.25) is 0 Å². The van der Waals surface area contributed by atoms with Crippen molar-refractivity contribution in [3.8, 4) is 0 Å². The molecular formula is C12H13BrN2O3. The Hall–Kier alpha value is -1.43. The molecule has 0 bridgehead atoms. The molecule has 1 atom stereocenters. The SMILES string of the molecule is O=C(N[C@@H](CC1CC1)C(=O)O)c1cncc(Br)c1. The first kappa shape index (κ1) is 13.0. The molecule has 0 aromatic carbocycles. The fourth-order valence-corrected chi connectivity index (χ4v) is 2.05. The van der Waals surface area contributed by atoms with Crippen LogP contribution >= 0.6 is 15.9 Å². The van der Waals surface area contributed by atoms with Crippen molar-refractivity contribution < 1.29 is 14.7 Å². The second kappa shape index (κ2) is 5.48. The molecule has 6 heteroatoms. The Balaban J connectivity index is 2.01. The maximum absolute atomic E-state index is 11.9. The number of carbonyl (C=O) groups excluding carboxylic acids is 1. The molecule has 5 nitrogen and oxygen atoms in total. The summed E-state index contributed by atoms with van der Waals surface area (Å²) in [5.41, 5.74) is 0.353. The number of nitrogens with zero attached hydrogens (tertiary/aromatic N) is 1. The number of pyridine rings is 1. The lowest BCUT2D eigenvalue weighted by molar-refractivity contribution is -0.139. The number of amides is 1. The average Bonchev–Trinajstić information content (AvgIpc) is 3.12. The zero-order valence-corrected chi connectivity index (χ0v) is 11.2. The minimum atomic E-state index is -0.988. The first-order valence-electron chi connectivity index (χ1n) is 5.70. The third-order valence-electron chi connectivity index (χ3n) is 2.84. The van der Waals surface area contributed by atoms with Gasteiger partial charge in [0, 0.05) is 16.9 Å². The summed E-state index contributed by atoms with van der Waals surface area (Å²) < 4.78 is 0.684. The Bertz CT molecular complexity index is 474. The van der Waals surface area contributed by atoms with Crippen molar-refractivity contribution in [2.45, 2.75) is 25.3 Å². The van der Waals surface area contributed by atoms with E-state index in [1.807, 2.05) is 0 Å². The number of nitrogens with one attached hydrogen (secondary N) is 1. The van der Waals surface area contributed by atoms with Gasteiger partial charge in [0.05, 0.1) is 5.56 Å². The lowest BCUT2D eigenvalue weighted by Gasteiger charge is -2.13. The Labute approximate surface area is 113 Å². The summed E-state index contributed by atoms with van der Waals surface area (Å²) in [5.74, 6) is -0.956. The lowest BCUT2D eigenvalue weighted by Crippen LogP contribution is -2.41. The summed E-state index contributed by atoms with van der Waals surface area (Å²) in [6.45, 7) is 0. The fourth-order valence-electron chi connectivity index (χ4n) is 1.69. The normalized spacial score (nSPS) is 16.1. The smallest absolute Gasteiger partial charge is 0.326 e. The van der Waals surface area contributed by atoms with Crippen LogP contribution in [-0.2, 0) is 4.79 Å². The van der Waals surface area contributed by atoms with E-state index in [0.29, 0.717) is 22.4 Å². The number of rotatable bonds is 5. The topological polar surface area (TPSA) is 79.3 Å². The summed E-state index contributed by atoms with van der Waals surface area (Å²) >= 11 is 3.22. The molecule has 96 valence electrons. The number of hydrogen-bond acceptors (Lipinski definition) is 3. The van der Waals surface area contributed by atoms with E-state index in [2.05, 4.69) is 26.2 Å². The second-order valence-corrected chi connectivity index (χ2v) is 5.35. The van der Waals surface area contributed by atoms with Gasteiger partial charge in [-0.15, -0.1) is 0 Å². The standard InChI is InChI=1S/C12H13BrN2O3/c13-9-4-8(5-14-6-9)11(16)15-10(12(17)18)3-7-1-2-7/h4-7,10H,1-3H2,(H,15,16)(H,17,18)/t10-/m0/s1. The van der Waals surface area contributed by atoms with Crippen LogP contribution in [0.25, 0.3) is 0 Å². The number of hydrogen-bond donors (Lipinski definition) is 2. The van der Waals surface area contributed by atoms with E-state index in [1.165, 1.54) is 6.20 Å². The van der Waals surface area contributed by atoms with Crippen LogP contribution in [0.3, 0.4) is 0 Å². The van der Waals surface area contributed by atoms with Gasteiger partial charge in [0.1, 0.15) is 6.04 Å². The third kappa shape index (κ3) is 3.53. The van der Waals surface area contributed by atoms with E-state index < -0.39 is 17.9 Å². The number of halogens is 1. The van der Waals surface area contributed by atoms with Crippen LogP contribution in [-0.4, -0.2) is 28.0 Å². The largest absolute Gasteiger partial charge is 0.480 e. The predicted molar refractivity (Wildman–Crippen MR) is 68.2 cm³/mol. The molecule has 1 aliphatic rings. The first-order chi connectivity index (χ1) is 8.56. The van der Waals surface area contributed by atoms with Gasteiger partial charge in [-0.25, -0.2) is 4.79 Å². The summed E-state index contributed by atoms with van der Waals surface area (Å²) in [7, 11) is 0. The molecule has 1 amide bonds. The first-order valence-corrected chi connectivity index (χ1v) is 6.50. The Kier molecular flexibility index (Phi) is 3.96. The molecule has 18 heavy (non-hydrogen) atoms. The minimum absolute atomic E-state index is 0.353. The van der Waals surface area contributed by atoms with Gasteiger partial charge < -0.3 is 10.4 Å². The van der Waals surface area contributed by atoms with Crippen molar-refractivity contribution in [2.75, 3.05) is 0 Å². The molecule has 1 aliphatic carbocycles. The molecular weight excluding hydrogens is 300 g/mol. The number of carbonyl (C=O) groups is 2. The van der Waals surface area contributed by atoms with Gasteiger partial charge in [-0.05, 0) is 34.3 Å². The van der Waals surface area contributed by atoms with E-state index >= 15 is 0 Å². The van der Waals surface area contributed by atoms with Crippen LogP contribution < -0.4 is 5.32 Å². The van der Waals surface area contributed by atoms with Crippen LogP contribution in [0.4, 0.5) is 0 Å². The van der Waals surface area contributed by atoms with E-state index in [0.717, 1.165) is 12.8 Å². The fraction of sp³-hybridized carbons (Fsp3) is 0.417. The van der Waals surface area contributed by atoms with Gasteiger partial charge in [-0.1, -0.05) is 12.8 Å². The van der Waals surface area contributed by atoms with Crippen LogP contribution in [0.5, 0.6) is 0 Å². The number of aromatic nitrogens is 1. The number of carboxylic acids is 1. The number of aliphatic carboxylic acids is 1. The van der Waals surface area contributed by atoms with Gasteiger partial charge >= 0.3 is 5.97 Å². The summed E-state index contributed by atoms with van der Waals surface area (Å²) in [4.78, 5) is 26.8. The summed E-state index contributed by atoms with van der Waals surface area (Å²) in [5, 5.41) is 11.6. The highest BCUT2D eigenvalue weighted by molar-refractivity contribution is 9.10. The maximum Gasteiger partial charge on any atom is 0.326 e. The monoisotopic (exact) mass is 312 g/mol. The molecule has 1 fully saturated rings. The van der Waals surface area contributed by atoms with Crippen molar-refractivity contribution in [2.24, 2.45) is 5.92 Å². The van der Waals surface area contributed by atoms with Crippen LogP contribution in [0.1, 0.15) is 29.6 Å². The Morgan fingerprint density at radius 3 is 2.78 bits per heavy atom. The molecule has 2 rings (SSSR count). The minimum Gasteiger partial charge on any atom is -0.480 e. The zero-order chi connectivity index (χ0) is 13.1. The quantitative estimate of drug-likeness (QED) is 0.869. The van der Waals surface area contributed by atoms with Crippen molar-refractivity contribution in [1.29, 1.82) is 0 Å². The van der Waals surface area contributed by atoms with E-state index in [9.17, 15) is 9.59 Å². The Morgan fingerprint density at radius 2 is 2.22 bits per heavy atom. The molecule has 2 N–H and O–H groups in total. The molecule has 1 aromatic rings. The second-order valence-electron chi connectivity index (χ2n) is 4.44. The van der Waals surface area contributed by atoms with Gasteiger partial charge in [-0.3, -0.25) is 9.78 Å². The van der Waals surface area contributed by atoms with Crippen molar-refractivity contribution >= 4 is 27.8 Å². The van der Waals surface area contributed by atoms with Crippen LogP contribution in [0, 0.1) is 5.92 Å². The van der Waals surface area contributed by atoms with E-state index in [1.54, 1.807) is 12.3 Å². The Morgan fingerprint density at radius 1 is 1.50 bits per heavy atom. The van der Waals surface area contributed by atoms with Crippen molar-refractivity contribution in [1.82, 2.24) is 10.3 Å². The van der Waals surface area contributed by atoms with E-state index in [-0.39, 0.29) is 0 Å². The van der Waals surface area contributed by atoms with Crippen LogP contribution in [0.15, 0.2) is 22.9 Å². The predicted octanol–water partition coefficient (Wildman–Crippen LogP) is 1.83. The molecule has 1 heterocycles. The molecule has 1 saturated carbocycles. The average molecular weight is 313 g/mol. The molecule has 0 radical (unpaired) electrons. The molecule has 0 saturated heterocycles. The molecule has 1 aromatic heterocycles. The zero-order valence-electron chi connectivity index (χ0n) is 9.60. The van der Waals surface area contributed by atoms with Crippen molar-refractivity contribution in [3.63, 3.8) is 0 Å². The van der Waals surface area contributed by atoms with Gasteiger partial charge in [0.25, 0.3) is 5.91 Å². The molecule has 0 aliphatic heterocycles. The number of carboxylic acid groups (broad SMARTS) is 1. The van der Waals surface area contributed by atoms with Crippen molar-refractivity contribution in [3.05, 3.63) is 28.5 Å². The maximum atomic E-state index is 11.9. The third-order valence-corrected chi connectivity index (χ3v) is 3.27. The highest BCUT2D eigenvalue weighted by Crippen LogP contribution is 2.33.